The summed E-state index contributed by atoms with van der Waals surface area (Å²) in [7, 11) is 4.02. The number of fused-ring (bicyclic) bond motifs is 2. The Hall–Kier alpha value is -2.57. The molecule has 0 radical (unpaired) electrons. The van der Waals surface area contributed by atoms with Crippen molar-refractivity contribution in [3.63, 3.8) is 0 Å². The van der Waals surface area contributed by atoms with Crippen LogP contribution in [0.1, 0.15) is 38.3 Å². The van der Waals surface area contributed by atoms with E-state index in [0.29, 0.717) is 6.54 Å². The topological polar surface area (TPSA) is 81.1 Å². The van der Waals surface area contributed by atoms with E-state index in [-0.39, 0.29) is 23.5 Å². The molecule has 1 heterocycles. The van der Waals surface area contributed by atoms with E-state index in [4.69, 9.17) is 0 Å². The zero-order valence-electron chi connectivity index (χ0n) is 16.0. The molecular formula is C21H25ClN2O4. The second-order valence-electron chi connectivity index (χ2n) is 7.11. The summed E-state index contributed by atoms with van der Waals surface area (Å²) >= 11 is 0. The highest BCUT2D eigenvalue weighted by molar-refractivity contribution is 5.92. The van der Waals surface area contributed by atoms with Crippen LogP contribution in [-0.4, -0.2) is 54.2 Å². The smallest absolute Gasteiger partial charge is 0.335 e. The Balaban J connectivity index is 0.00000280. The van der Waals surface area contributed by atoms with Crippen LogP contribution in [0.2, 0.25) is 0 Å². The van der Waals surface area contributed by atoms with E-state index < -0.39 is 11.9 Å². The number of aryl methyl sites for hydroxylation is 2. The van der Waals surface area contributed by atoms with Gasteiger partial charge in [0.05, 0.1) is 11.1 Å². The Morgan fingerprint density at radius 3 is 1.79 bits per heavy atom. The van der Waals surface area contributed by atoms with Crippen molar-refractivity contribution in [1.29, 1.82) is 0 Å². The minimum absolute atomic E-state index is 0. The van der Waals surface area contributed by atoms with Crippen LogP contribution in [0.25, 0.3) is 0 Å². The van der Waals surface area contributed by atoms with Crippen molar-refractivity contribution in [1.82, 2.24) is 4.90 Å². The number of benzene rings is 2. The van der Waals surface area contributed by atoms with Gasteiger partial charge in [-0.3, -0.25) is 0 Å². The third kappa shape index (κ3) is 4.64. The van der Waals surface area contributed by atoms with Crippen molar-refractivity contribution in [2.45, 2.75) is 19.3 Å². The molecule has 0 unspecified atom stereocenters. The summed E-state index contributed by atoms with van der Waals surface area (Å²) in [4.78, 5) is 27.1. The van der Waals surface area contributed by atoms with Crippen LogP contribution in [0.15, 0.2) is 36.4 Å². The summed E-state index contributed by atoms with van der Waals surface area (Å²) in [6.45, 7) is 1.57. The quantitative estimate of drug-likeness (QED) is 0.764. The highest BCUT2D eigenvalue weighted by atomic mass is 35.5. The lowest BCUT2D eigenvalue weighted by atomic mass is 10.0. The molecule has 3 rings (SSSR count). The second kappa shape index (κ2) is 9.08. The highest BCUT2D eigenvalue weighted by Gasteiger charge is 2.23. The Kier molecular flexibility index (Phi) is 7.05. The second-order valence-corrected chi connectivity index (χ2v) is 7.11. The lowest BCUT2D eigenvalue weighted by Gasteiger charge is -2.28. The van der Waals surface area contributed by atoms with Gasteiger partial charge in [-0.25, -0.2) is 9.59 Å². The highest BCUT2D eigenvalue weighted by Crippen LogP contribution is 2.37. The fourth-order valence-electron chi connectivity index (χ4n) is 3.50. The lowest BCUT2D eigenvalue weighted by molar-refractivity contribution is 0.0686. The zero-order valence-corrected chi connectivity index (χ0v) is 16.8. The van der Waals surface area contributed by atoms with Crippen LogP contribution < -0.4 is 4.90 Å². The van der Waals surface area contributed by atoms with Gasteiger partial charge in [-0.1, -0.05) is 12.1 Å². The van der Waals surface area contributed by atoms with Crippen LogP contribution in [0.5, 0.6) is 0 Å². The van der Waals surface area contributed by atoms with Gasteiger partial charge in [-0.05, 0) is 75.3 Å². The fraction of sp³-hybridized carbons (Fsp3) is 0.333. The first-order valence-electron chi connectivity index (χ1n) is 9.01. The minimum atomic E-state index is -0.963. The summed E-state index contributed by atoms with van der Waals surface area (Å²) in [5, 5.41) is 18.8. The molecular weight excluding hydrogens is 380 g/mol. The maximum Gasteiger partial charge on any atom is 0.335 e. The first kappa shape index (κ1) is 21.7. The van der Waals surface area contributed by atoms with Crippen LogP contribution >= 0.6 is 12.4 Å². The standard InChI is InChI=1S/C21H24N2O4.ClH/c1-22(2)10-3-11-23-18-12-16(20(24)25)8-6-14(18)4-5-15-7-9-17(21(26)27)13-19(15)23;/h6-9,12-13H,3-5,10-11H2,1-2H3,(H,24,25)(H,26,27);1H. The molecule has 0 saturated carbocycles. The maximum absolute atomic E-state index is 11.5. The summed E-state index contributed by atoms with van der Waals surface area (Å²) in [5.74, 6) is -1.93. The van der Waals surface area contributed by atoms with Crippen LogP contribution in [-0.2, 0) is 12.8 Å². The molecule has 150 valence electrons. The first-order valence-corrected chi connectivity index (χ1v) is 9.01. The Labute approximate surface area is 170 Å². The van der Waals surface area contributed by atoms with Crippen molar-refractivity contribution in [3.05, 3.63) is 58.7 Å². The molecule has 1 aliphatic rings. The van der Waals surface area contributed by atoms with E-state index in [1.54, 1.807) is 24.3 Å². The van der Waals surface area contributed by atoms with E-state index in [0.717, 1.165) is 48.3 Å². The summed E-state index contributed by atoms with van der Waals surface area (Å²) < 4.78 is 0. The molecule has 0 atom stereocenters. The number of nitrogens with zero attached hydrogens (tertiary/aromatic N) is 2. The molecule has 1 aliphatic heterocycles. The Morgan fingerprint density at radius 2 is 1.39 bits per heavy atom. The van der Waals surface area contributed by atoms with Gasteiger partial charge >= 0.3 is 11.9 Å². The van der Waals surface area contributed by atoms with Gasteiger partial charge in [0.25, 0.3) is 0 Å². The molecule has 2 N–H and O–H groups in total. The fourth-order valence-corrected chi connectivity index (χ4v) is 3.50. The minimum Gasteiger partial charge on any atom is -0.478 e. The van der Waals surface area contributed by atoms with E-state index in [1.807, 2.05) is 26.2 Å². The van der Waals surface area contributed by atoms with Gasteiger partial charge in [0.15, 0.2) is 0 Å². The predicted octanol–water partition coefficient (Wildman–Crippen LogP) is 3.69. The molecule has 7 heteroatoms. The zero-order chi connectivity index (χ0) is 19.6. The van der Waals surface area contributed by atoms with Gasteiger partial charge in [-0.15, -0.1) is 12.4 Å². The average molecular weight is 405 g/mol. The van der Waals surface area contributed by atoms with E-state index in [2.05, 4.69) is 9.80 Å². The van der Waals surface area contributed by atoms with Gasteiger partial charge < -0.3 is 20.0 Å². The predicted molar refractivity (Wildman–Crippen MR) is 112 cm³/mol. The molecule has 28 heavy (non-hydrogen) atoms. The number of hydrogen-bond donors (Lipinski definition) is 2. The number of aromatic carboxylic acids is 2. The number of carboxylic acids is 2. The van der Waals surface area contributed by atoms with Gasteiger partial charge in [0.1, 0.15) is 0 Å². The molecule has 0 aliphatic carbocycles. The number of anilines is 2. The van der Waals surface area contributed by atoms with E-state index in [9.17, 15) is 19.8 Å². The van der Waals surface area contributed by atoms with Crippen molar-refractivity contribution < 1.29 is 19.8 Å². The molecule has 0 aromatic heterocycles. The first-order chi connectivity index (χ1) is 12.9. The average Bonchev–Trinajstić information content (AvgIpc) is 2.77. The summed E-state index contributed by atoms with van der Waals surface area (Å²) in [6, 6.07) is 10.4. The summed E-state index contributed by atoms with van der Waals surface area (Å²) in [5.41, 5.74) is 4.36. The summed E-state index contributed by atoms with van der Waals surface area (Å²) in [6.07, 6.45) is 2.46. The third-order valence-corrected chi connectivity index (χ3v) is 4.90. The number of hydrogen-bond acceptors (Lipinski definition) is 4. The van der Waals surface area contributed by atoms with Crippen LogP contribution in [0, 0.1) is 0 Å². The van der Waals surface area contributed by atoms with Gasteiger partial charge in [0, 0.05) is 17.9 Å². The molecule has 0 amide bonds. The number of halogens is 1. The van der Waals surface area contributed by atoms with Crippen LogP contribution in [0.4, 0.5) is 11.4 Å². The van der Waals surface area contributed by atoms with Gasteiger partial charge in [-0.2, -0.15) is 0 Å². The normalized spacial score (nSPS) is 12.6. The van der Waals surface area contributed by atoms with E-state index >= 15 is 0 Å². The number of rotatable bonds is 6. The van der Waals surface area contributed by atoms with Crippen molar-refractivity contribution in [2.24, 2.45) is 0 Å². The van der Waals surface area contributed by atoms with Gasteiger partial charge in [0.2, 0.25) is 0 Å². The molecule has 2 aromatic rings. The van der Waals surface area contributed by atoms with Crippen LogP contribution in [0.3, 0.4) is 0 Å². The lowest BCUT2D eigenvalue weighted by Crippen LogP contribution is -2.24. The number of carbonyl (C=O) groups is 2. The molecule has 0 bridgehead atoms. The monoisotopic (exact) mass is 404 g/mol. The molecule has 0 saturated heterocycles. The van der Waals surface area contributed by atoms with Crippen molar-refractivity contribution in [2.75, 3.05) is 32.1 Å². The largest absolute Gasteiger partial charge is 0.478 e. The maximum atomic E-state index is 11.5. The molecule has 0 spiro atoms. The molecule has 0 fully saturated rings. The third-order valence-electron chi connectivity index (χ3n) is 4.90. The van der Waals surface area contributed by atoms with Crippen molar-refractivity contribution >= 4 is 35.7 Å². The Morgan fingerprint density at radius 1 is 0.929 bits per heavy atom. The van der Waals surface area contributed by atoms with Crippen molar-refractivity contribution in [3.8, 4) is 0 Å². The number of carboxylic acid groups (broad SMARTS) is 2. The SMILES string of the molecule is CN(C)CCCN1c2cc(C(=O)O)ccc2CCc2ccc(C(=O)O)cc21.Cl. The molecule has 2 aromatic carbocycles. The van der Waals surface area contributed by atoms with E-state index in [1.165, 1.54) is 0 Å². The Bertz CT molecular complexity index is 817. The molecule has 6 nitrogen and oxygen atoms in total.